The molecule has 21 heavy (non-hydrogen) atoms. The van der Waals surface area contributed by atoms with Crippen molar-refractivity contribution in [2.75, 3.05) is 32.8 Å². The Morgan fingerprint density at radius 3 is 2.29 bits per heavy atom. The van der Waals surface area contributed by atoms with Gasteiger partial charge in [-0.1, -0.05) is 6.92 Å². The maximum atomic E-state index is 12.6. The van der Waals surface area contributed by atoms with Crippen LogP contribution >= 0.6 is 0 Å². The van der Waals surface area contributed by atoms with E-state index in [1.807, 2.05) is 6.92 Å². The average Bonchev–Trinajstić information content (AvgIpc) is 2.54. The van der Waals surface area contributed by atoms with E-state index in [9.17, 15) is 14.7 Å². The molecule has 2 rings (SSSR count). The number of ether oxygens (including phenoxy) is 1. The molecule has 120 valence electrons. The Hall–Kier alpha value is -1.14. The van der Waals surface area contributed by atoms with E-state index in [2.05, 4.69) is 10.6 Å². The van der Waals surface area contributed by atoms with Crippen molar-refractivity contribution in [1.82, 2.24) is 10.6 Å². The van der Waals surface area contributed by atoms with Crippen molar-refractivity contribution in [3.8, 4) is 0 Å². The molecule has 0 aromatic carbocycles. The number of carboxylic acid groups (broad SMARTS) is 1. The van der Waals surface area contributed by atoms with E-state index in [4.69, 9.17) is 4.74 Å². The highest BCUT2D eigenvalue weighted by molar-refractivity contribution is 5.84. The van der Waals surface area contributed by atoms with Crippen LogP contribution in [0.1, 0.15) is 39.0 Å². The van der Waals surface area contributed by atoms with E-state index in [1.54, 1.807) is 0 Å². The molecule has 2 aliphatic heterocycles. The number of carbonyl (C=O) groups excluding carboxylic acids is 1. The topological polar surface area (TPSA) is 87.7 Å². The Kier molecular flexibility index (Phi) is 5.22. The molecule has 6 heteroatoms. The molecule has 2 fully saturated rings. The summed E-state index contributed by atoms with van der Waals surface area (Å²) in [4.78, 5) is 24.2. The van der Waals surface area contributed by atoms with E-state index in [0.29, 0.717) is 26.1 Å². The summed E-state index contributed by atoms with van der Waals surface area (Å²) >= 11 is 0. The van der Waals surface area contributed by atoms with Crippen LogP contribution < -0.4 is 10.6 Å². The van der Waals surface area contributed by atoms with Crippen LogP contribution in [0.5, 0.6) is 0 Å². The molecular weight excluding hydrogens is 272 g/mol. The molecule has 6 nitrogen and oxygen atoms in total. The van der Waals surface area contributed by atoms with Gasteiger partial charge in [-0.3, -0.25) is 9.59 Å². The van der Waals surface area contributed by atoms with Gasteiger partial charge in [0.15, 0.2) is 0 Å². The summed E-state index contributed by atoms with van der Waals surface area (Å²) in [6, 6.07) is 0. The second kappa shape index (κ2) is 6.75. The maximum Gasteiger partial charge on any atom is 0.311 e. The third kappa shape index (κ3) is 3.37. The molecule has 0 aromatic heterocycles. The van der Waals surface area contributed by atoms with Crippen molar-refractivity contribution in [1.29, 1.82) is 0 Å². The number of carbonyl (C=O) groups is 2. The van der Waals surface area contributed by atoms with Crippen LogP contribution in [0.15, 0.2) is 0 Å². The lowest BCUT2D eigenvalue weighted by Crippen LogP contribution is -2.52. The third-order valence-electron chi connectivity index (χ3n) is 5.21. The second-order valence-corrected chi connectivity index (χ2v) is 6.26. The van der Waals surface area contributed by atoms with Gasteiger partial charge in [-0.05, 0) is 45.2 Å². The first kappa shape index (κ1) is 16.2. The summed E-state index contributed by atoms with van der Waals surface area (Å²) in [5, 5.41) is 15.7. The molecule has 1 amide bonds. The van der Waals surface area contributed by atoms with Gasteiger partial charge in [-0.25, -0.2) is 0 Å². The standard InChI is InChI=1S/C15H26N2O4/c1-2-14(3-7-16-8-4-14)12(18)17-11-15(13(19)20)5-9-21-10-6-15/h16H,2-11H2,1H3,(H,17,18)(H,19,20). The monoisotopic (exact) mass is 298 g/mol. The van der Waals surface area contributed by atoms with Gasteiger partial charge in [0.2, 0.25) is 5.91 Å². The van der Waals surface area contributed by atoms with Crippen molar-refractivity contribution in [3.63, 3.8) is 0 Å². The lowest BCUT2D eigenvalue weighted by molar-refractivity contribution is -0.155. The number of aliphatic carboxylic acids is 1. The predicted molar refractivity (Wildman–Crippen MR) is 78.0 cm³/mol. The minimum atomic E-state index is -0.865. The number of carboxylic acids is 1. The van der Waals surface area contributed by atoms with Gasteiger partial charge in [0.25, 0.3) is 0 Å². The van der Waals surface area contributed by atoms with Crippen LogP contribution in [0.4, 0.5) is 0 Å². The maximum absolute atomic E-state index is 12.6. The highest BCUT2D eigenvalue weighted by Gasteiger charge is 2.43. The predicted octanol–water partition coefficient (Wildman–Crippen LogP) is 0.764. The first-order chi connectivity index (χ1) is 10.0. The molecule has 2 heterocycles. The lowest BCUT2D eigenvalue weighted by Gasteiger charge is -2.38. The van der Waals surface area contributed by atoms with E-state index in [-0.39, 0.29) is 17.9 Å². The zero-order chi connectivity index (χ0) is 15.3. The summed E-state index contributed by atoms with van der Waals surface area (Å²) in [7, 11) is 0. The number of amides is 1. The SMILES string of the molecule is CCC1(C(=O)NCC2(C(=O)O)CCOCC2)CCNCC1. The lowest BCUT2D eigenvalue weighted by atomic mass is 9.75. The molecule has 2 aliphatic rings. The van der Waals surface area contributed by atoms with Crippen LogP contribution in [0.3, 0.4) is 0 Å². The molecule has 0 spiro atoms. The minimum absolute atomic E-state index is 0.0126. The summed E-state index contributed by atoms with van der Waals surface area (Å²) in [5.41, 5.74) is -1.20. The number of hydrogen-bond acceptors (Lipinski definition) is 4. The van der Waals surface area contributed by atoms with Gasteiger partial charge in [-0.2, -0.15) is 0 Å². The molecule has 0 atom stereocenters. The van der Waals surface area contributed by atoms with Crippen molar-refractivity contribution < 1.29 is 19.4 Å². The second-order valence-electron chi connectivity index (χ2n) is 6.26. The third-order valence-corrected chi connectivity index (χ3v) is 5.21. The van der Waals surface area contributed by atoms with Crippen molar-refractivity contribution >= 4 is 11.9 Å². The highest BCUT2D eigenvalue weighted by Crippen LogP contribution is 2.34. The zero-order valence-electron chi connectivity index (χ0n) is 12.7. The number of piperidine rings is 1. The van der Waals surface area contributed by atoms with E-state index >= 15 is 0 Å². The van der Waals surface area contributed by atoms with Crippen LogP contribution in [-0.2, 0) is 14.3 Å². The number of nitrogens with one attached hydrogen (secondary N) is 2. The molecule has 0 unspecified atom stereocenters. The summed E-state index contributed by atoms with van der Waals surface area (Å²) < 4.78 is 5.25. The zero-order valence-corrected chi connectivity index (χ0v) is 12.7. The molecule has 2 saturated heterocycles. The van der Waals surface area contributed by atoms with Crippen molar-refractivity contribution in [3.05, 3.63) is 0 Å². The molecule has 0 aliphatic carbocycles. The average molecular weight is 298 g/mol. The van der Waals surface area contributed by atoms with Gasteiger partial charge in [-0.15, -0.1) is 0 Å². The van der Waals surface area contributed by atoms with Gasteiger partial charge < -0.3 is 20.5 Å². The minimum Gasteiger partial charge on any atom is -0.481 e. The van der Waals surface area contributed by atoms with Gasteiger partial charge in [0, 0.05) is 19.8 Å². The number of rotatable bonds is 5. The van der Waals surface area contributed by atoms with Gasteiger partial charge >= 0.3 is 5.97 Å². The van der Waals surface area contributed by atoms with Crippen molar-refractivity contribution in [2.45, 2.75) is 39.0 Å². The Morgan fingerprint density at radius 1 is 1.14 bits per heavy atom. The summed E-state index contributed by atoms with van der Waals surface area (Å²) in [5.74, 6) is -0.819. The first-order valence-corrected chi connectivity index (χ1v) is 7.85. The molecule has 3 N–H and O–H groups in total. The summed E-state index contributed by atoms with van der Waals surface area (Å²) in [6.07, 6.45) is 3.35. The van der Waals surface area contributed by atoms with Gasteiger partial charge in [0.05, 0.1) is 10.8 Å². The number of hydrogen-bond donors (Lipinski definition) is 3. The molecule has 0 aromatic rings. The summed E-state index contributed by atoms with van der Waals surface area (Å²) in [6.45, 7) is 4.83. The Labute approximate surface area is 125 Å². The Morgan fingerprint density at radius 2 is 1.76 bits per heavy atom. The molecule has 0 saturated carbocycles. The van der Waals surface area contributed by atoms with Gasteiger partial charge in [0.1, 0.15) is 0 Å². The van der Waals surface area contributed by atoms with E-state index in [1.165, 1.54) is 0 Å². The first-order valence-electron chi connectivity index (χ1n) is 7.85. The largest absolute Gasteiger partial charge is 0.481 e. The van der Waals surface area contributed by atoms with Crippen LogP contribution in [-0.4, -0.2) is 49.8 Å². The molecular formula is C15H26N2O4. The van der Waals surface area contributed by atoms with E-state index < -0.39 is 11.4 Å². The fourth-order valence-corrected chi connectivity index (χ4v) is 3.31. The van der Waals surface area contributed by atoms with E-state index in [0.717, 1.165) is 32.4 Å². The Balaban J connectivity index is 1.99. The van der Waals surface area contributed by atoms with Crippen LogP contribution in [0, 0.1) is 10.8 Å². The van der Waals surface area contributed by atoms with Crippen molar-refractivity contribution in [2.24, 2.45) is 10.8 Å². The highest BCUT2D eigenvalue weighted by atomic mass is 16.5. The Bertz CT molecular complexity index is 385. The molecule has 0 radical (unpaired) electrons. The smallest absolute Gasteiger partial charge is 0.311 e. The fraction of sp³-hybridized carbons (Fsp3) is 0.867. The fourth-order valence-electron chi connectivity index (χ4n) is 3.31. The quantitative estimate of drug-likeness (QED) is 0.697. The normalized spacial score (nSPS) is 24.2. The van der Waals surface area contributed by atoms with Crippen LogP contribution in [0.25, 0.3) is 0 Å². The van der Waals surface area contributed by atoms with Crippen LogP contribution in [0.2, 0.25) is 0 Å². The molecule has 0 bridgehead atoms.